The van der Waals surface area contributed by atoms with Crippen LogP contribution in [0.2, 0.25) is 5.02 Å². The van der Waals surface area contributed by atoms with Gasteiger partial charge in [0.15, 0.2) is 0 Å². The number of benzene rings is 2. The van der Waals surface area contributed by atoms with Crippen molar-refractivity contribution in [1.82, 2.24) is 0 Å². The van der Waals surface area contributed by atoms with Crippen LogP contribution in [0.3, 0.4) is 0 Å². The normalized spacial score (nSPS) is 10.2. The predicted octanol–water partition coefficient (Wildman–Crippen LogP) is 4.01. The molecule has 5 heteroatoms. The molecule has 0 aliphatic rings. The van der Waals surface area contributed by atoms with E-state index in [1.807, 2.05) is 25.1 Å². The third-order valence-electron chi connectivity index (χ3n) is 3.50. The summed E-state index contributed by atoms with van der Waals surface area (Å²) in [7, 11) is 1.32. The molecule has 1 amide bonds. The van der Waals surface area contributed by atoms with Gasteiger partial charge in [-0.3, -0.25) is 4.79 Å². The number of aryl methyl sites for hydroxylation is 2. The number of esters is 1. The number of hydrogen-bond acceptors (Lipinski definition) is 3. The van der Waals surface area contributed by atoms with Gasteiger partial charge in [-0.15, -0.1) is 0 Å². The van der Waals surface area contributed by atoms with Gasteiger partial charge >= 0.3 is 5.97 Å². The second-order valence-corrected chi connectivity index (χ2v) is 5.60. The molecule has 0 aliphatic carbocycles. The number of rotatable bonds is 5. The summed E-state index contributed by atoms with van der Waals surface area (Å²) in [5.41, 5.74) is 2.70. The molecule has 2 aromatic carbocycles. The van der Waals surface area contributed by atoms with Crippen molar-refractivity contribution in [2.45, 2.75) is 19.8 Å². The summed E-state index contributed by atoms with van der Waals surface area (Å²) in [4.78, 5) is 24.0. The lowest BCUT2D eigenvalue weighted by atomic mass is 10.1. The Bertz CT molecular complexity index is 711. The number of methoxy groups -OCH3 is 1. The standard InChI is InChI=1S/C18H18ClNO3/c1-12-4-3-5-15(18(22)23-2)17(12)20-16(21)11-8-13-6-9-14(19)10-7-13/h3-7,9-10H,8,11H2,1-2H3,(H,20,21). The van der Waals surface area contributed by atoms with Crippen molar-refractivity contribution in [2.75, 3.05) is 12.4 Å². The summed E-state index contributed by atoms with van der Waals surface area (Å²) >= 11 is 5.84. The molecule has 0 atom stereocenters. The Morgan fingerprint density at radius 3 is 2.48 bits per heavy atom. The third-order valence-corrected chi connectivity index (χ3v) is 3.75. The molecule has 23 heavy (non-hydrogen) atoms. The summed E-state index contributed by atoms with van der Waals surface area (Å²) in [6, 6.07) is 12.6. The van der Waals surface area contributed by atoms with Crippen LogP contribution in [0.25, 0.3) is 0 Å². The Morgan fingerprint density at radius 1 is 1.13 bits per heavy atom. The lowest BCUT2D eigenvalue weighted by Gasteiger charge is -2.12. The fourth-order valence-electron chi connectivity index (χ4n) is 2.22. The smallest absolute Gasteiger partial charge is 0.339 e. The maximum Gasteiger partial charge on any atom is 0.339 e. The van der Waals surface area contributed by atoms with Crippen LogP contribution in [-0.4, -0.2) is 19.0 Å². The minimum Gasteiger partial charge on any atom is -0.465 e. The number of carbonyl (C=O) groups excluding carboxylic acids is 2. The van der Waals surface area contributed by atoms with Gasteiger partial charge in [-0.25, -0.2) is 4.79 Å². The van der Waals surface area contributed by atoms with Crippen molar-refractivity contribution in [3.63, 3.8) is 0 Å². The van der Waals surface area contributed by atoms with Crippen LogP contribution in [0.1, 0.15) is 27.9 Å². The molecule has 120 valence electrons. The second kappa shape index (κ2) is 7.79. The molecule has 2 aromatic rings. The van der Waals surface area contributed by atoms with Crippen LogP contribution in [0.5, 0.6) is 0 Å². The van der Waals surface area contributed by atoms with Crippen molar-refractivity contribution in [1.29, 1.82) is 0 Å². The highest BCUT2D eigenvalue weighted by Crippen LogP contribution is 2.22. The van der Waals surface area contributed by atoms with Gasteiger partial charge < -0.3 is 10.1 Å². The minimum atomic E-state index is -0.471. The maximum absolute atomic E-state index is 12.2. The second-order valence-electron chi connectivity index (χ2n) is 5.16. The highest BCUT2D eigenvalue weighted by molar-refractivity contribution is 6.30. The van der Waals surface area contributed by atoms with Gasteiger partial charge in [-0.2, -0.15) is 0 Å². The largest absolute Gasteiger partial charge is 0.465 e. The molecule has 0 radical (unpaired) electrons. The summed E-state index contributed by atoms with van der Waals surface area (Å²) in [6.07, 6.45) is 0.916. The van der Waals surface area contributed by atoms with Gasteiger partial charge in [0.05, 0.1) is 18.4 Å². The first-order valence-corrected chi connectivity index (χ1v) is 7.61. The molecular formula is C18H18ClNO3. The zero-order valence-corrected chi connectivity index (χ0v) is 13.8. The molecule has 0 spiro atoms. The average molecular weight is 332 g/mol. The Balaban J connectivity index is 2.05. The SMILES string of the molecule is COC(=O)c1cccc(C)c1NC(=O)CCc1ccc(Cl)cc1. The first kappa shape index (κ1) is 17.0. The number of hydrogen-bond donors (Lipinski definition) is 1. The highest BCUT2D eigenvalue weighted by Gasteiger charge is 2.15. The lowest BCUT2D eigenvalue weighted by molar-refractivity contribution is -0.116. The molecule has 4 nitrogen and oxygen atoms in total. The van der Waals surface area contributed by atoms with Crippen molar-refractivity contribution in [3.8, 4) is 0 Å². The van der Waals surface area contributed by atoms with Crippen LogP contribution in [0, 0.1) is 6.92 Å². The Hall–Kier alpha value is -2.33. The van der Waals surface area contributed by atoms with Crippen LogP contribution >= 0.6 is 11.6 Å². The topological polar surface area (TPSA) is 55.4 Å². The van der Waals surface area contributed by atoms with E-state index in [2.05, 4.69) is 5.32 Å². The number of halogens is 1. The number of nitrogens with one attached hydrogen (secondary N) is 1. The maximum atomic E-state index is 12.2. The fraction of sp³-hybridized carbons (Fsp3) is 0.222. The van der Waals surface area contributed by atoms with E-state index in [1.54, 1.807) is 24.3 Å². The quantitative estimate of drug-likeness (QED) is 0.842. The molecule has 0 unspecified atom stereocenters. The van der Waals surface area contributed by atoms with Gasteiger partial charge in [0.2, 0.25) is 5.91 Å². The molecule has 2 rings (SSSR count). The van der Waals surface area contributed by atoms with Gasteiger partial charge in [-0.05, 0) is 42.7 Å². The van der Waals surface area contributed by atoms with E-state index in [9.17, 15) is 9.59 Å². The van der Waals surface area contributed by atoms with Crippen molar-refractivity contribution in [2.24, 2.45) is 0 Å². The third kappa shape index (κ3) is 4.57. The van der Waals surface area contributed by atoms with Crippen LogP contribution < -0.4 is 5.32 Å². The number of ether oxygens (including phenoxy) is 1. The van der Waals surface area contributed by atoms with Gasteiger partial charge in [0.25, 0.3) is 0 Å². The first-order valence-electron chi connectivity index (χ1n) is 7.23. The minimum absolute atomic E-state index is 0.153. The van der Waals surface area contributed by atoms with Gasteiger partial charge in [0, 0.05) is 11.4 Å². The molecule has 0 saturated heterocycles. The highest BCUT2D eigenvalue weighted by atomic mass is 35.5. The molecular weight excluding hydrogens is 314 g/mol. The summed E-state index contributed by atoms with van der Waals surface area (Å²) in [6.45, 7) is 1.83. The van der Waals surface area contributed by atoms with E-state index < -0.39 is 5.97 Å². The number of amides is 1. The van der Waals surface area contributed by atoms with Crippen molar-refractivity contribution < 1.29 is 14.3 Å². The van der Waals surface area contributed by atoms with Crippen LogP contribution in [-0.2, 0) is 16.0 Å². The molecule has 0 fully saturated rings. The zero-order chi connectivity index (χ0) is 16.8. The fourth-order valence-corrected chi connectivity index (χ4v) is 2.35. The molecule has 0 aliphatic heterocycles. The van der Waals surface area contributed by atoms with Gasteiger partial charge in [-0.1, -0.05) is 35.9 Å². The van der Waals surface area contributed by atoms with E-state index >= 15 is 0 Å². The number of anilines is 1. The molecule has 0 saturated carbocycles. The average Bonchev–Trinajstić information content (AvgIpc) is 2.55. The van der Waals surface area contributed by atoms with Crippen LogP contribution in [0.4, 0.5) is 5.69 Å². The van der Waals surface area contributed by atoms with E-state index in [1.165, 1.54) is 7.11 Å². The Labute approximate surface area is 140 Å². The van der Waals surface area contributed by atoms with E-state index in [4.69, 9.17) is 16.3 Å². The van der Waals surface area contributed by atoms with Gasteiger partial charge in [0.1, 0.15) is 0 Å². The van der Waals surface area contributed by atoms with E-state index in [0.29, 0.717) is 29.1 Å². The molecule has 0 bridgehead atoms. The Kier molecular flexibility index (Phi) is 5.77. The number of para-hydroxylation sites is 1. The zero-order valence-electron chi connectivity index (χ0n) is 13.1. The Morgan fingerprint density at radius 2 is 1.83 bits per heavy atom. The summed E-state index contributed by atoms with van der Waals surface area (Å²) in [5, 5.41) is 3.48. The van der Waals surface area contributed by atoms with E-state index in [-0.39, 0.29) is 5.91 Å². The lowest BCUT2D eigenvalue weighted by Crippen LogP contribution is -2.16. The van der Waals surface area contributed by atoms with Crippen molar-refractivity contribution >= 4 is 29.2 Å². The monoisotopic (exact) mass is 331 g/mol. The summed E-state index contributed by atoms with van der Waals surface area (Å²) in [5.74, 6) is -0.624. The predicted molar refractivity (Wildman–Crippen MR) is 90.9 cm³/mol. The van der Waals surface area contributed by atoms with Crippen LogP contribution in [0.15, 0.2) is 42.5 Å². The molecule has 1 N–H and O–H groups in total. The number of carbonyl (C=O) groups is 2. The first-order chi connectivity index (χ1) is 11.0. The van der Waals surface area contributed by atoms with Crippen molar-refractivity contribution in [3.05, 3.63) is 64.2 Å². The molecule has 0 heterocycles. The molecule has 0 aromatic heterocycles. The summed E-state index contributed by atoms with van der Waals surface area (Å²) < 4.78 is 4.75. The van der Waals surface area contributed by atoms with E-state index in [0.717, 1.165) is 11.1 Å².